The van der Waals surface area contributed by atoms with Crippen LogP contribution in [0.5, 0.6) is 0 Å². The second kappa shape index (κ2) is 15.4. The predicted molar refractivity (Wildman–Crippen MR) is 81.4 cm³/mol. The van der Waals surface area contributed by atoms with Crippen molar-refractivity contribution in [3.63, 3.8) is 0 Å². The third-order valence-corrected chi connectivity index (χ3v) is 2.42. The molecule has 0 saturated heterocycles. The van der Waals surface area contributed by atoms with E-state index in [-0.39, 0.29) is 26.2 Å². The molecule has 0 amide bonds. The van der Waals surface area contributed by atoms with Gasteiger partial charge in [-0.25, -0.2) is 0 Å². The van der Waals surface area contributed by atoms with Gasteiger partial charge in [0.2, 0.25) is 0 Å². The Hall–Kier alpha value is -0.677. The molecule has 1 heteroatoms. The van der Waals surface area contributed by atoms with Gasteiger partial charge in [-0.3, -0.25) is 0 Å². The summed E-state index contributed by atoms with van der Waals surface area (Å²) in [5.41, 5.74) is 2.38. The summed E-state index contributed by atoms with van der Waals surface area (Å²) < 4.78 is 0. The standard InChI is InChI=1S/C8H12.2C5H5.Zr/c1-5-7(3)8(4)6-2;2*1-2-4-5-3-1;/h1-4H3;2*1-5H;/q-2;;;+2. The second-order valence-corrected chi connectivity index (χ2v) is 3.67. The molecular weight excluding hydrogens is 307 g/mol. The van der Waals surface area contributed by atoms with Crippen molar-refractivity contribution in [2.75, 3.05) is 0 Å². The fourth-order valence-corrected chi connectivity index (χ4v) is 1.02. The van der Waals surface area contributed by atoms with E-state index in [0.29, 0.717) is 0 Å². The van der Waals surface area contributed by atoms with Gasteiger partial charge in [0.05, 0.1) is 0 Å². The Morgan fingerprint density at radius 1 is 0.579 bits per heavy atom. The van der Waals surface area contributed by atoms with E-state index in [2.05, 4.69) is 12.2 Å². The summed E-state index contributed by atoms with van der Waals surface area (Å²) in [6.07, 6.45) is 26.1. The second-order valence-electron chi connectivity index (χ2n) is 3.67. The fraction of sp³-hybridized carbons (Fsp3) is 0.222. The molecule has 0 spiro atoms. The van der Waals surface area contributed by atoms with Crippen molar-refractivity contribution in [2.45, 2.75) is 27.7 Å². The molecule has 0 aliphatic heterocycles. The minimum Gasteiger partial charge on any atom is -0.376 e. The number of hydrogen-bond acceptors (Lipinski definition) is 0. The number of hydrogen-bond donors (Lipinski definition) is 0. The van der Waals surface area contributed by atoms with E-state index in [0.717, 1.165) is 0 Å². The van der Waals surface area contributed by atoms with Gasteiger partial charge in [0.25, 0.3) is 0 Å². The average molecular weight is 330 g/mol. The molecule has 0 aromatic carbocycles. The minimum absolute atomic E-state index is 0. The molecule has 0 aromatic rings. The molecule has 0 heterocycles. The molecule has 0 nitrogen and oxygen atoms in total. The van der Waals surface area contributed by atoms with Gasteiger partial charge in [0.15, 0.2) is 0 Å². The van der Waals surface area contributed by atoms with Crippen molar-refractivity contribution in [1.82, 2.24) is 0 Å². The Bertz CT molecular complexity index is 318. The number of allylic oxidation sites excluding steroid dienone is 12. The zero-order valence-electron chi connectivity index (χ0n) is 12.3. The van der Waals surface area contributed by atoms with Crippen LogP contribution >= 0.6 is 0 Å². The predicted octanol–water partition coefficient (Wildman–Crippen LogP) is 5.16. The van der Waals surface area contributed by atoms with E-state index in [9.17, 15) is 0 Å². The monoisotopic (exact) mass is 328 g/mol. The molecule has 98 valence electrons. The quantitative estimate of drug-likeness (QED) is 0.461. The summed E-state index contributed by atoms with van der Waals surface area (Å²) >= 11 is 0. The zero-order valence-corrected chi connectivity index (χ0v) is 14.7. The molecule has 2 aliphatic rings. The Kier molecular flexibility index (Phi) is 16.7. The maximum atomic E-state index is 3.03. The average Bonchev–Trinajstić information content (AvgIpc) is 3.12. The molecule has 2 aliphatic carbocycles. The largest absolute Gasteiger partial charge is 2.00 e. The van der Waals surface area contributed by atoms with Crippen LogP contribution in [0.25, 0.3) is 0 Å². The van der Waals surface area contributed by atoms with E-state index in [1.807, 2.05) is 89.1 Å². The van der Waals surface area contributed by atoms with E-state index in [1.54, 1.807) is 0 Å². The Morgan fingerprint density at radius 2 is 0.842 bits per heavy atom. The van der Waals surface area contributed by atoms with Crippen molar-refractivity contribution < 1.29 is 26.2 Å². The number of rotatable bonds is 1. The first kappa shape index (κ1) is 20.6. The summed E-state index contributed by atoms with van der Waals surface area (Å²) in [6, 6.07) is 0. The molecule has 19 heavy (non-hydrogen) atoms. The molecule has 0 atom stereocenters. The van der Waals surface area contributed by atoms with Crippen LogP contribution in [0, 0.1) is 25.0 Å². The van der Waals surface area contributed by atoms with Crippen LogP contribution in [-0.4, -0.2) is 0 Å². The summed E-state index contributed by atoms with van der Waals surface area (Å²) in [5.74, 6) is 0. The first-order valence-electron chi connectivity index (χ1n) is 6.08. The van der Waals surface area contributed by atoms with Crippen LogP contribution in [0.1, 0.15) is 27.7 Å². The molecular formula is C18H22Zr. The molecule has 0 bridgehead atoms. The molecule has 0 fully saturated rings. The molecule has 0 saturated carbocycles. The van der Waals surface area contributed by atoms with Gasteiger partial charge in [-0.05, 0) is 0 Å². The van der Waals surface area contributed by atoms with Gasteiger partial charge in [0, 0.05) is 12.8 Å². The van der Waals surface area contributed by atoms with E-state index < -0.39 is 0 Å². The van der Waals surface area contributed by atoms with Crippen molar-refractivity contribution in [3.8, 4) is 0 Å². The van der Waals surface area contributed by atoms with Crippen LogP contribution < -0.4 is 0 Å². The van der Waals surface area contributed by atoms with Crippen molar-refractivity contribution in [2.24, 2.45) is 0 Å². The minimum atomic E-state index is 0. The van der Waals surface area contributed by atoms with E-state index in [1.165, 1.54) is 11.1 Å². The SMILES string of the molecule is C[C-]=C(C)C(C)=[C-]C.[CH]1C=CC=C1.[CH]1C=CC=C1.[Zr+2]. The molecule has 0 aromatic heterocycles. The molecule has 0 unspecified atom stereocenters. The first-order chi connectivity index (χ1) is 8.72. The summed E-state index contributed by atoms with van der Waals surface area (Å²) in [4.78, 5) is 0. The molecule has 2 radical (unpaired) electrons. The summed E-state index contributed by atoms with van der Waals surface area (Å²) in [5, 5.41) is 0. The maximum Gasteiger partial charge on any atom is 2.00 e. The Morgan fingerprint density at radius 3 is 0.947 bits per heavy atom. The summed E-state index contributed by atoms with van der Waals surface area (Å²) in [6.45, 7) is 7.89. The fourth-order valence-electron chi connectivity index (χ4n) is 1.02. The van der Waals surface area contributed by atoms with Crippen LogP contribution in [0.3, 0.4) is 0 Å². The zero-order chi connectivity index (χ0) is 13.6. The third-order valence-electron chi connectivity index (χ3n) is 2.42. The summed E-state index contributed by atoms with van der Waals surface area (Å²) in [7, 11) is 0. The van der Waals surface area contributed by atoms with Gasteiger partial charge in [0.1, 0.15) is 0 Å². The van der Waals surface area contributed by atoms with Gasteiger partial charge >= 0.3 is 26.2 Å². The molecule has 0 N–H and O–H groups in total. The van der Waals surface area contributed by atoms with Crippen LogP contribution in [0.15, 0.2) is 59.8 Å². The van der Waals surface area contributed by atoms with Gasteiger partial charge in [-0.1, -0.05) is 48.6 Å². The smallest absolute Gasteiger partial charge is 0.376 e. The topological polar surface area (TPSA) is 0 Å². The van der Waals surface area contributed by atoms with Gasteiger partial charge in [-0.2, -0.15) is 0 Å². The van der Waals surface area contributed by atoms with E-state index >= 15 is 0 Å². The first-order valence-corrected chi connectivity index (χ1v) is 6.08. The van der Waals surface area contributed by atoms with Crippen molar-refractivity contribution in [3.05, 3.63) is 84.7 Å². The Balaban J connectivity index is 0. The van der Waals surface area contributed by atoms with Gasteiger partial charge < -0.3 is 23.3 Å². The van der Waals surface area contributed by atoms with Crippen molar-refractivity contribution in [1.29, 1.82) is 0 Å². The molecule has 2 rings (SSSR count). The Labute approximate surface area is 138 Å². The third kappa shape index (κ3) is 13.6. The van der Waals surface area contributed by atoms with Crippen molar-refractivity contribution >= 4 is 0 Å². The maximum absolute atomic E-state index is 3.03. The van der Waals surface area contributed by atoms with Gasteiger partial charge in [-0.15, -0.1) is 27.7 Å². The van der Waals surface area contributed by atoms with E-state index in [4.69, 9.17) is 0 Å². The van der Waals surface area contributed by atoms with Crippen LogP contribution in [-0.2, 0) is 26.2 Å². The van der Waals surface area contributed by atoms with Crippen LogP contribution in [0.4, 0.5) is 0 Å². The normalized spacial score (nSPS) is 15.4. The van der Waals surface area contributed by atoms with Crippen LogP contribution in [0.2, 0.25) is 0 Å².